The maximum absolute atomic E-state index is 13.0. The smallest absolute Gasteiger partial charge is 0.251 e. The van der Waals surface area contributed by atoms with Gasteiger partial charge in [0, 0.05) is 5.56 Å². The summed E-state index contributed by atoms with van der Waals surface area (Å²) in [6.45, 7) is 1.63. The summed E-state index contributed by atoms with van der Waals surface area (Å²) >= 11 is 0. The van der Waals surface area contributed by atoms with E-state index in [4.69, 9.17) is 4.74 Å². The van der Waals surface area contributed by atoms with Crippen molar-refractivity contribution in [3.63, 3.8) is 0 Å². The van der Waals surface area contributed by atoms with Crippen LogP contribution in [-0.2, 0) is 4.79 Å². The van der Waals surface area contributed by atoms with Crippen molar-refractivity contribution in [2.24, 2.45) is 0 Å². The molecule has 0 fully saturated rings. The lowest BCUT2D eigenvalue weighted by molar-refractivity contribution is -0.120. The number of rotatable bonds is 7. The Bertz CT molecular complexity index is 958. The zero-order chi connectivity index (χ0) is 20.6. The molecule has 148 valence electrons. The summed E-state index contributed by atoms with van der Waals surface area (Å²) < 4.78 is 18.7. The lowest BCUT2D eigenvalue weighted by Crippen LogP contribution is -2.38. The van der Waals surface area contributed by atoms with E-state index in [0.29, 0.717) is 17.1 Å². The number of carbonyl (C=O) groups is 2. The minimum absolute atomic E-state index is 0.160. The van der Waals surface area contributed by atoms with E-state index in [9.17, 15) is 14.0 Å². The third-order valence-corrected chi connectivity index (χ3v) is 4.25. The first-order chi connectivity index (χ1) is 14.0. The molecule has 3 aromatic carbocycles. The second kappa shape index (κ2) is 9.50. The minimum Gasteiger partial charge on any atom is -0.457 e. The van der Waals surface area contributed by atoms with Gasteiger partial charge in [-0.15, -0.1) is 0 Å². The number of carbonyl (C=O) groups excluding carboxylic acids is 2. The summed E-state index contributed by atoms with van der Waals surface area (Å²) in [5, 5.41) is 5.34. The van der Waals surface area contributed by atoms with Crippen LogP contribution < -0.4 is 15.4 Å². The van der Waals surface area contributed by atoms with Crippen LogP contribution in [0, 0.1) is 5.82 Å². The van der Waals surface area contributed by atoms with E-state index in [1.54, 1.807) is 43.3 Å². The van der Waals surface area contributed by atoms with Crippen LogP contribution in [0.5, 0.6) is 11.5 Å². The molecule has 0 aliphatic heterocycles. The summed E-state index contributed by atoms with van der Waals surface area (Å²) in [6, 6.07) is 21.6. The molecule has 29 heavy (non-hydrogen) atoms. The highest BCUT2D eigenvalue weighted by atomic mass is 19.1. The van der Waals surface area contributed by atoms with Gasteiger partial charge in [-0.25, -0.2) is 4.39 Å². The van der Waals surface area contributed by atoms with Crippen molar-refractivity contribution >= 4 is 11.8 Å². The van der Waals surface area contributed by atoms with Gasteiger partial charge in [0.15, 0.2) is 0 Å². The Morgan fingerprint density at radius 1 is 0.897 bits per heavy atom. The van der Waals surface area contributed by atoms with Crippen molar-refractivity contribution < 1.29 is 18.7 Å². The van der Waals surface area contributed by atoms with Crippen molar-refractivity contribution in [1.29, 1.82) is 0 Å². The van der Waals surface area contributed by atoms with Crippen LogP contribution in [0.1, 0.15) is 28.9 Å². The van der Waals surface area contributed by atoms with E-state index < -0.39 is 0 Å². The van der Waals surface area contributed by atoms with Crippen molar-refractivity contribution in [3.8, 4) is 11.5 Å². The van der Waals surface area contributed by atoms with Crippen LogP contribution in [-0.4, -0.2) is 18.4 Å². The lowest BCUT2D eigenvalue weighted by Gasteiger charge is -2.14. The Morgan fingerprint density at radius 3 is 2.17 bits per heavy atom. The minimum atomic E-state index is -0.360. The molecule has 2 N–H and O–H groups in total. The summed E-state index contributed by atoms with van der Waals surface area (Å²) in [6.07, 6.45) is 0. The highest BCUT2D eigenvalue weighted by molar-refractivity contribution is 5.96. The first-order valence-corrected chi connectivity index (χ1v) is 9.17. The first-order valence-electron chi connectivity index (χ1n) is 9.17. The van der Waals surface area contributed by atoms with Gasteiger partial charge in [0.25, 0.3) is 5.91 Å². The van der Waals surface area contributed by atoms with Crippen LogP contribution in [0.25, 0.3) is 0 Å². The highest BCUT2D eigenvalue weighted by Crippen LogP contribution is 2.21. The monoisotopic (exact) mass is 392 g/mol. The van der Waals surface area contributed by atoms with E-state index in [-0.39, 0.29) is 30.2 Å². The zero-order valence-corrected chi connectivity index (χ0v) is 15.9. The topological polar surface area (TPSA) is 67.4 Å². The van der Waals surface area contributed by atoms with Gasteiger partial charge < -0.3 is 15.4 Å². The zero-order valence-electron chi connectivity index (χ0n) is 15.9. The Morgan fingerprint density at radius 2 is 1.52 bits per heavy atom. The van der Waals surface area contributed by atoms with Gasteiger partial charge in [-0.1, -0.05) is 30.3 Å². The largest absolute Gasteiger partial charge is 0.457 e. The fourth-order valence-electron chi connectivity index (χ4n) is 2.69. The lowest BCUT2D eigenvalue weighted by atomic mass is 10.1. The van der Waals surface area contributed by atoms with E-state index in [0.717, 1.165) is 5.56 Å². The molecular weight excluding hydrogens is 371 g/mol. The van der Waals surface area contributed by atoms with E-state index in [1.165, 1.54) is 12.1 Å². The molecule has 0 aromatic heterocycles. The Hall–Kier alpha value is -3.67. The Labute approximate surface area is 168 Å². The molecule has 3 aromatic rings. The van der Waals surface area contributed by atoms with Gasteiger partial charge in [0.05, 0.1) is 12.6 Å². The van der Waals surface area contributed by atoms with Gasteiger partial charge in [0.1, 0.15) is 17.3 Å². The molecule has 1 unspecified atom stereocenters. The average molecular weight is 392 g/mol. The normalized spacial score (nSPS) is 11.4. The van der Waals surface area contributed by atoms with E-state index in [2.05, 4.69) is 10.6 Å². The maximum Gasteiger partial charge on any atom is 0.251 e. The molecule has 0 aliphatic carbocycles. The number of nitrogens with one attached hydrogen (secondary N) is 2. The number of amides is 2. The van der Waals surface area contributed by atoms with Crippen LogP contribution in [0.15, 0.2) is 78.9 Å². The summed E-state index contributed by atoms with van der Waals surface area (Å²) in [5.74, 6) is 0.287. The van der Waals surface area contributed by atoms with Crippen LogP contribution >= 0.6 is 0 Å². The molecule has 5 nitrogen and oxygen atoms in total. The third kappa shape index (κ3) is 5.90. The maximum atomic E-state index is 13.0. The molecule has 2 amide bonds. The molecule has 0 bridgehead atoms. The second-order valence-electron chi connectivity index (χ2n) is 6.46. The third-order valence-electron chi connectivity index (χ3n) is 4.25. The molecule has 0 saturated carbocycles. The average Bonchev–Trinajstić information content (AvgIpc) is 2.74. The van der Waals surface area contributed by atoms with Crippen molar-refractivity contribution in [1.82, 2.24) is 10.6 Å². The van der Waals surface area contributed by atoms with Crippen LogP contribution in [0.4, 0.5) is 4.39 Å². The predicted octanol–water partition coefficient (Wildman–Crippen LogP) is 4.23. The fourth-order valence-corrected chi connectivity index (χ4v) is 2.69. The molecule has 3 rings (SSSR count). The number of ether oxygens (including phenoxy) is 1. The SMILES string of the molecule is CC(NC(=O)CNC(=O)c1ccc(Oc2ccccc2)cc1)c1ccc(F)cc1. The second-order valence-corrected chi connectivity index (χ2v) is 6.46. The number of para-hydroxylation sites is 1. The standard InChI is InChI=1S/C23H21FN2O3/c1-16(17-7-11-19(24)12-8-17)26-22(27)15-25-23(28)18-9-13-21(14-10-18)29-20-5-3-2-4-6-20/h2-14,16H,15H2,1H3,(H,25,28)(H,26,27). The molecule has 0 radical (unpaired) electrons. The number of halogens is 1. The van der Waals surface area contributed by atoms with Gasteiger partial charge in [-0.05, 0) is 61.0 Å². The first kappa shape index (κ1) is 20.1. The van der Waals surface area contributed by atoms with Gasteiger partial charge in [-0.3, -0.25) is 9.59 Å². The van der Waals surface area contributed by atoms with Crippen molar-refractivity contribution in [2.75, 3.05) is 6.54 Å². The van der Waals surface area contributed by atoms with Gasteiger partial charge in [0.2, 0.25) is 5.91 Å². The molecule has 1 atom stereocenters. The van der Waals surface area contributed by atoms with E-state index in [1.807, 2.05) is 30.3 Å². The molecule has 0 heterocycles. The Balaban J connectivity index is 1.48. The predicted molar refractivity (Wildman–Crippen MR) is 108 cm³/mol. The number of benzene rings is 3. The molecule has 6 heteroatoms. The summed E-state index contributed by atoms with van der Waals surface area (Å²) in [4.78, 5) is 24.3. The van der Waals surface area contributed by atoms with Gasteiger partial charge in [-0.2, -0.15) is 0 Å². The summed E-state index contributed by atoms with van der Waals surface area (Å²) in [5.41, 5.74) is 1.20. The molecule has 0 saturated heterocycles. The number of hydrogen-bond donors (Lipinski definition) is 2. The van der Waals surface area contributed by atoms with Crippen LogP contribution in [0.2, 0.25) is 0 Å². The van der Waals surface area contributed by atoms with Crippen molar-refractivity contribution in [3.05, 3.63) is 95.8 Å². The molecule has 0 aliphatic rings. The van der Waals surface area contributed by atoms with Crippen LogP contribution in [0.3, 0.4) is 0 Å². The quantitative estimate of drug-likeness (QED) is 0.632. The molecule has 0 spiro atoms. The fraction of sp³-hybridized carbons (Fsp3) is 0.130. The highest BCUT2D eigenvalue weighted by Gasteiger charge is 2.12. The molecular formula is C23H21FN2O3. The number of hydrogen-bond acceptors (Lipinski definition) is 3. The van der Waals surface area contributed by atoms with Crippen molar-refractivity contribution in [2.45, 2.75) is 13.0 Å². The van der Waals surface area contributed by atoms with Gasteiger partial charge >= 0.3 is 0 Å². The summed E-state index contributed by atoms with van der Waals surface area (Å²) in [7, 11) is 0. The Kier molecular flexibility index (Phi) is 6.58. The van der Waals surface area contributed by atoms with E-state index >= 15 is 0 Å².